The molecule has 1 aliphatic rings. The van der Waals surface area contributed by atoms with Crippen LogP contribution in [0.2, 0.25) is 5.02 Å². The molecule has 0 saturated carbocycles. The highest BCUT2D eigenvalue weighted by Crippen LogP contribution is 2.25. The number of carbonyl (C=O) groups excluding carboxylic acids is 1. The molecule has 2 heterocycles. The SMILES string of the molecule is Cc1ccc(Cl)cc1N1CCN(CC(=O)Nc2nccs2)CC1. The monoisotopic (exact) mass is 350 g/mol. The van der Waals surface area contributed by atoms with E-state index in [2.05, 4.69) is 27.0 Å². The Hall–Kier alpha value is -1.63. The van der Waals surface area contributed by atoms with E-state index in [1.54, 1.807) is 6.20 Å². The summed E-state index contributed by atoms with van der Waals surface area (Å²) >= 11 is 7.54. The summed E-state index contributed by atoms with van der Waals surface area (Å²) in [6, 6.07) is 5.98. The van der Waals surface area contributed by atoms with Gasteiger partial charge in [0.05, 0.1) is 6.54 Å². The zero-order valence-electron chi connectivity index (χ0n) is 13.0. The molecule has 0 atom stereocenters. The van der Waals surface area contributed by atoms with Gasteiger partial charge in [0.15, 0.2) is 5.13 Å². The van der Waals surface area contributed by atoms with Crippen molar-refractivity contribution in [3.8, 4) is 0 Å². The van der Waals surface area contributed by atoms with Gasteiger partial charge in [-0.1, -0.05) is 17.7 Å². The molecular weight excluding hydrogens is 332 g/mol. The lowest BCUT2D eigenvalue weighted by molar-refractivity contribution is -0.117. The second-order valence-corrected chi connectivity index (χ2v) is 6.91. The number of thiazole rings is 1. The van der Waals surface area contributed by atoms with Gasteiger partial charge in [-0.15, -0.1) is 11.3 Å². The highest BCUT2D eigenvalue weighted by Gasteiger charge is 2.20. The molecule has 0 radical (unpaired) electrons. The molecule has 7 heteroatoms. The molecule has 5 nitrogen and oxygen atoms in total. The van der Waals surface area contributed by atoms with Crippen molar-refractivity contribution in [2.24, 2.45) is 0 Å². The van der Waals surface area contributed by atoms with Crippen LogP contribution in [0.3, 0.4) is 0 Å². The number of anilines is 2. The lowest BCUT2D eigenvalue weighted by Crippen LogP contribution is -2.48. The summed E-state index contributed by atoms with van der Waals surface area (Å²) in [5, 5.41) is 6.09. The highest BCUT2D eigenvalue weighted by atomic mass is 35.5. The van der Waals surface area contributed by atoms with Crippen molar-refractivity contribution in [1.29, 1.82) is 0 Å². The molecule has 2 aromatic rings. The molecule has 0 aliphatic carbocycles. The summed E-state index contributed by atoms with van der Waals surface area (Å²) in [5.41, 5.74) is 2.41. The fourth-order valence-corrected chi connectivity index (χ4v) is 3.43. The zero-order valence-corrected chi connectivity index (χ0v) is 14.5. The molecule has 1 amide bonds. The number of amides is 1. The van der Waals surface area contributed by atoms with Crippen molar-refractivity contribution >= 4 is 39.7 Å². The van der Waals surface area contributed by atoms with Crippen LogP contribution in [0.25, 0.3) is 0 Å². The fraction of sp³-hybridized carbons (Fsp3) is 0.375. The van der Waals surface area contributed by atoms with Crippen molar-refractivity contribution in [3.63, 3.8) is 0 Å². The first-order valence-electron chi connectivity index (χ1n) is 7.54. The number of rotatable bonds is 4. The van der Waals surface area contributed by atoms with Crippen LogP contribution in [0.4, 0.5) is 10.8 Å². The van der Waals surface area contributed by atoms with Gasteiger partial charge >= 0.3 is 0 Å². The van der Waals surface area contributed by atoms with Gasteiger partial charge in [0.25, 0.3) is 0 Å². The molecule has 1 saturated heterocycles. The van der Waals surface area contributed by atoms with E-state index in [4.69, 9.17) is 11.6 Å². The fourth-order valence-electron chi connectivity index (χ4n) is 2.72. The van der Waals surface area contributed by atoms with E-state index >= 15 is 0 Å². The third-order valence-corrected chi connectivity index (χ3v) is 4.85. The smallest absolute Gasteiger partial charge is 0.240 e. The van der Waals surface area contributed by atoms with Crippen LogP contribution in [0, 0.1) is 6.92 Å². The zero-order chi connectivity index (χ0) is 16.2. The quantitative estimate of drug-likeness (QED) is 0.921. The Morgan fingerprint density at radius 3 is 2.83 bits per heavy atom. The van der Waals surface area contributed by atoms with Gasteiger partial charge in [0.1, 0.15) is 0 Å². The van der Waals surface area contributed by atoms with Gasteiger partial charge < -0.3 is 10.2 Å². The largest absolute Gasteiger partial charge is 0.369 e. The summed E-state index contributed by atoms with van der Waals surface area (Å²) in [6.45, 7) is 6.01. The average molecular weight is 351 g/mol. The number of piperazine rings is 1. The molecule has 1 fully saturated rings. The number of hydrogen-bond acceptors (Lipinski definition) is 5. The van der Waals surface area contributed by atoms with Gasteiger partial charge in [-0.3, -0.25) is 9.69 Å². The number of nitrogens with one attached hydrogen (secondary N) is 1. The molecule has 1 aromatic carbocycles. The topological polar surface area (TPSA) is 48.5 Å². The first-order valence-corrected chi connectivity index (χ1v) is 8.80. The normalized spacial score (nSPS) is 15.7. The first-order chi connectivity index (χ1) is 11.1. The summed E-state index contributed by atoms with van der Waals surface area (Å²) in [6.07, 6.45) is 1.69. The number of aromatic nitrogens is 1. The third kappa shape index (κ3) is 4.22. The number of carbonyl (C=O) groups is 1. The Labute approximate surface area is 144 Å². The molecule has 1 N–H and O–H groups in total. The molecule has 3 rings (SSSR count). The van der Waals surface area contributed by atoms with E-state index in [-0.39, 0.29) is 5.91 Å². The summed E-state index contributed by atoms with van der Waals surface area (Å²) in [7, 11) is 0. The average Bonchev–Trinajstić information content (AvgIpc) is 3.03. The Morgan fingerprint density at radius 1 is 1.35 bits per heavy atom. The van der Waals surface area contributed by atoms with Crippen LogP contribution in [-0.2, 0) is 4.79 Å². The molecule has 23 heavy (non-hydrogen) atoms. The van der Waals surface area contributed by atoms with E-state index in [9.17, 15) is 4.79 Å². The van der Waals surface area contributed by atoms with E-state index in [1.165, 1.54) is 22.6 Å². The Bertz CT molecular complexity index is 669. The summed E-state index contributed by atoms with van der Waals surface area (Å²) < 4.78 is 0. The number of halogens is 1. The van der Waals surface area contributed by atoms with Crippen LogP contribution in [0.5, 0.6) is 0 Å². The number of aryl methyl sites for hydroxylation is 1. The molecular formula is C16H19ClN4OS. The maximum absolute atomic E-state index is 12.0. The van der Waals surface area contributed by atoms with Gasteiger partial charge in [0.2, 0.25) is 5.91 Å². The van der Waals surface area contributed by atoms with E-state index in [1.807, 2.05) is 23.6 Å². The Kier molecular flexibility index (Phi) is 5.15. The number of nitrogens with zero attached hydrogens (tertiary/aromatic N) is 3. The minimum Gasteiger partial charge on any atom is -0.369 e. The van der Waals surface area contributed by atoms with Crippen molar-refractivity contribution in [2.45, 2.75) is 6.92 Å². The molecule has 1 aromatic heterocycles. The maximum Gasteiger partial charge on any atom is 0.240 e. The molecule has 1 aliphatic heterocycles. The summed E-state index contributed by atoms with van der Waals surface area (Å²) in [4.78, 5) is 20.6. The minimum atomic E-state index is -0.00710. The Balaban J connectivity index is 1.52. The van der Waals surface area contributed by atoms with Crippen LogP contribution < -0.4 is 10.2 Å². The molecule has 0 unspecified atom stereocenters. The molecule has 0 spiro atoms. The number of benzene rings is 1. The van der Waals surface area contributed by atoms with E-state index in [0.717, 1.165) is 31.2 Å². The van der Waals surface area contributed by atoms with Gasteiger partial charge in [-0.2, -0.15) is 0 Å². The minimum absolute atomic E-state index is 0.00710. The molecule has 122 valence electrons. The third-order valence-electron chi connectivity index (χ3n) is 3.93. The Morgan fingerprint density at radius 2 is 2.13 bits per heavy atom. The molecule has 0 bridgehead atoms. The van der Waals surface area contributed by atoms with Crippen molar-refractivity contribution in [3.05, 3.63) is 40.4 Å². The van der Waals surface area contributed by atoms with Crippen molar-refractivity contribution < 1.29 is 4.79 Å². The van der Waals surface area contributed by atoms with Crippen LogP contribution in [-0.4, -0.2) is 48.5 Å². The van der Waals surface area contributed by atoms with Gasteiger partial charge in [-0.25, -0.2) is 4.98 Å². The highest BCUT2D eigenvalue weighted by molar-refractivity contribution is 7.13. The van der Waals surface area contributed by atoms with Crippen LogP contribution in [0.15, 0.2) is 29.8 Å². The van der Waals surface area contributed by atoms with Crippen LogP contribution in [0.1, 0.15) is 5.56 Å². The van der Waals surface area contributed by atoms with Gasteiger partial charge in [-0.05, 0) is 24.6 Å². The van der Waals surface area contributed by atoms with E-state index in [0.29, 0.717) is 11.7 Å². The van der Waals surface area contributed by atoms with Gasteiger partial charge in [0, 0.05) is 48.5 Å². The maximum atomic E-state index is 12.0. The van der Waals surface area contributed by atoms with E-state index < -0.39 is 0 Å². The first kappa shape index (κ1) is 16.2. The van der Waals surface area contributed by atoms with Crippen molar-refractivity contribution in [1.82, 2.24) is 9.88 Å². The van der Waals surface area contributed by atoms with Crippen molar-refractivity contribution in [2.75, 3.05) is 42.9 Å². The second-order valence-electron chi connectivity index (χ2n) is 5.58. The predicted molar refractivity (Wildman–Crippen MR) is 95.6 cm³/mol. The standard InChI is InChI=1S/C16H19ClN4OS/c1-12-2-3-13(17)10-14(12)21-7-5-20(6-8-21)11-15(22)19-16-18-4-9-23-16/h2-4,9-10H,5-8,11H2,1H3,(H,18,19,22). The summed E-state index contributed by atoms with van der Waals surface area (Å²) in [5.74, 6) is -0.00710. The predicted octanol–water partition coefficient (Wildman–Crippen LogP) is 2.87. The number of hydrogen-bond donors (Lipinski definition) is 1. The lowest BCUT2D eigenvalue weighted by atomic mass is 10.1. The second kappa shape index (κ2) is 7.29. The lowest BCUT2D eigenvalue weighted by Gasteiger charge is -2.36. The van der Waals surface area contributed by atoms with Crippen LogP contribution >= 0.6 is 22.9 Å².